The Morgan fingerprint density at radius 1 is 1.17 bits per heavy atom. The minimum Gasteiger partial charge on any atom is -0.379 e. The topological polar surface area (TPSA) is 60.4 Å². The summed E-state index contributed by atoms with van der Waals surface area (Å²) < 4.78 is 29.1. The predicted octanol–water partition coefficient (Wildman–Crippen LogP) is 5.53. The Hall–Kier alpha value is -0.490. The number of carbonyl (C=O) groups excluding carboxylic acids is 1. The largest absolute Gasteiger partial charge is 0.379 e. The van der Waals surface area contributed by atoms with E-state index in [2.05, 4.69) is 6.92 Å². The molecule has 136 valence electrons. The summed E-state index contributed by atoms with van der Waals surface area (Å²) in [4.78, 5) is 12.2. The fourth-order valence-electron chi connectivity index (χ4n) is 2.25. The number of halogens is 3. The zero-order valence-corrected chi connectivity index (χ0v) is 16.7. The Balaban J connectivity index is 2.72. The minimum atomic E-state index is -3.98. The first kappa shape index (κ1) is 21.6. The monoisotopic (exact) mass is 414 g/mol. The van der Waals surface area contributed by atoms with Gasteiger partial charge >= 0.3 is 10.1 Å². The van der Waals surface area contributed by atoms with Crippen LogP contribution in [0.25, 0.3) is 0 Å². The Bertz CT molecular complexity index is 651. The molecule has 1 unspecified atom stereocenters. The Kier molecular flexibility index (Phi) is 8.85. The lowest BCUT2D eigenvalue weighted by Crippen LogP contribution is -2.21. The molecule has 0 aliphatic rings. The molecule has 4 nitrogen and oxygen atoms in total. The molecule has 1 atom stereocenters. The van der Waals surface area contributed by atoms with Crippen LogP contribution in [0.3, 0.4) is 0 Å². The fraction of sp³-hybridized carbons (Fsp3) is 0.562. The molecule has 1 aromatic carbocycles. The van der Waals surface area contributed by atoms with Crippen molar-refractivity contribution < 1.29 is 17.4 Å². The third kappa shape index (κ3) is 6.79. The molecule has 0 spiro atoms. The first-order chi connectivity index (χ1) is 11.2. The van der Waals surface area contributed by atoms with Gasteiger partial charge in [0.1, 0.15) is 5.78 Å². The highest BCUT2D eigenvalue weighted by atomic mass is 35.5. The second-order valence-corrected chi connectivity index (χ2v) is 8.45. The quantitative estimate of drug-likeness (QED) is 0.471. The van der Waals surface area contributed by atoms with Crippen molar-refractivity contribution in [3.63, 3.8) is 0 Å². The van der Waals surface area contributed by atoms with Gasteiger partial charge in [-0.15, -0.1) is 0 Å². The predicted molar refractivity (Wildman–Crippen MR) is 98.8 cm³/mol. The van der Waals surface area contributed by atoms with Gasteiger partial charge in [0.15, 0.2) is 5.75 Å². The van der Waals surface area contributed by atoms with Crippen LogP contribution in [0.2, 0.25) is 15.1 Å². The molecule has 1 rings (SSSR count). The maximum absolute atomic E-state index is 12.2. The number of carbonyl (C=O) groups is 1. The lowest BCUT2D eigenvalue weighted by Gasteiger charge is -2.14. The molecule has 0 aliphatic heterocycles. The molecule has 0 aliphatic carbocycles. The molecule has 1 aromatic rings. The van der Waals surface area contributed by atoms with E-state index in [4.69, 9.17) is 39.0 Å². The average Bonchev–Trinajstić information content (AvgIpc) is 2.50. The summed E-state index contributed by atoms with van der Waals surface area (Å²) in [7, 11) is -3.98. The van der Waals surface area contributed by atoms with Crippen molar-refractivity contribution >= 4 is 50.7 Å². The summed E-state index contributed by atoms with van der Waals surface area (Å²) in [6.45, 7) is 3.98. The number of ketones is 1. The van der Waals surface area contributed by atoms with Crippen molar-refractivity contribution in [1.82, 2.24) is 0 Å². The van der Waals surface area contributed by atoms with E-state index in [1.807, 2.05) is 6.92 Å². The molecular weight excluding hydrogens is 395 g/mol. The Morgan fingerprint density at radius 3 is 2.25 bits per heavy atom. The van der Waals surface area contributed by atoms with Crippen molar-refractivity contribution in [3.05, 3.63) is 27.2 Å². The summed E-state index contributed by atoms with van der Waals surface area (Å²) in [6, 6.07) is 2.67. The van der Waals surface area contributed by atoms with Crippen molar-refractivity contribution in [1.29, 1.82) is 0 Å². The maximum atomic E-state index is 12.2. The molecule has 0 heterocycles. The van der Waals surface area contributed by atoms with Gasteiger partial charge in [-0.1, -0.05) is 61.5 Å². The van der Waals surface area contributed by atoms with Gasteiger partial charge in [-0.3, -0.25) is 4.79 Å². The van der Waals surface area contributed by atoms with Crippen molar-refractivity contribution in [2.24, 2.45) is 5.92 Å². The van der Waals surface area contributed by atoms with Crippen LogP contribution in [0.1, 0.15) is 46.0 Å². The molecule has 0 amide bonds. The number of hydrogen-bond acceptors (Lipinski definition) is 4. The van der Waals surface area contributed by atoms with E-state index in [-0.39, 0.29) is 38.9 Å². The highest BCUT2D eigenvalue weighted by Crippen LogP contribution is 2.36. The van der Waals surface area contributed by atoms with Crippen LogP contribution in [-0.2, 0) is 14.9 Å². The fourth-order valence-corrected chi connectivity index (χ4v) is 4.20. The van der Waals surface area contributed by atoms with Gasteiger partial charge in [0.2, 0.25) is 0 Å². The smallest absolute Gasteiger partial charge is 0.309 e. The summed E-state index contributed by atoms with van der Waals surface area (Å²) in [6.07, 6.45) is 3.34. The maximum Gasteiger partial charge on any atom is 0.309 e. The number of unbranched alkanes of at least 4 members (excludes halogenated alkanes) is 1. The third-order valence-corrected chi connectivity index (χ3v) is 5.53. The van der Waals surface area contributed by atoms with E-state index in [1.54, 1.807) is 0 Å². The van der Waals surface area contributed by atoms with Gasteiger partial charge in [0.25, 0.3) is 0 Å². The van der Waals surface area contributed by atoms with Crippen LogP contribution in [0.5, 0.6) is 5.75 Å². The van der Waals surface area contributed by atoms with E-state index in [1.165, 1.54) is 12.1 Å². The number of benzene rings is 1. The molecule has 0 saturated carbocycles. The summed E-state index contributed by atoms with van der Waals surface area (Å²) >= 11 is 17.6. The van der Waals surface area contributed by atoms with E-state index >= 15 is 0 Å². The van der Waals surface area contributed by atoms with Crippen molar-refractivity contribution in [2.45, 2.75) is 46.0 Å². The van der Waals surface area contributed by atoms with Gasteiger partial charge in [-0.2, -0.15) is 8.42 Å². The van der Waals surface area contributed by atoms with Crippen molar-refractivity contribution in [3.8, 4) is 5.75 Å². The molecule has 0 fully saturated rings. The Labute approximate surface area is 158 Å². The van der Waals surface area contributed by atoms with E-state index in [0.29, 0.717) is 6.42 Å². The molecule has 0 aromatic heterocycles. The molecule has 0 saturated heterocycles. The SMILES string of the molecule is CCCCC(CC)C(=O)CCS(=O)(=O)Oc1c(Cl)cc(Cl)cc1Cl. The van der Waals surface area contributed by atoms with Gasteiger partial charge in [-0.25, -0.2) is 0 Å². The van der Waals surface area contributed by atoms with Crippen LogP contribution in [0.15, 0.2) is 12.1 Å². The van der Waals surface area contributed by atoms with E-state index in [0.717, 1.165) is 19.3 Å². The normalized spacial score (nSPS) is 12.9. The lowest BCUT2D eigenvalue weighted by molar-refractivity contribution is -0.122. The number of Topliss-reactive ketones (excluding diaryl/α,β-unsaturated/α-hetero) is 1. The molecular formula is C16H21Cl3O4S. The van der Waals surface area contributed by atoms with Gasteiger partial charge in [0.05, 0.1) is 15.8 Å². The summed E-state index contributed by atoms with van der Waals surface area (Å²) in [5.74, 6) is -0.758. The molecule has 24 heavy (non-hydrogen) atoms. The Morgan fingerprint density at radius 2 is 1.75 bits per heavy atom. The van der Waals surface area contributed by atoms with Crippen LogP contribution in [0.4, 0.5) is 0 Å². The van der Waals surface area contributed by atoms with Crippen molar-refractivity contribution in [2.75, 3.05) is 5.75 Å². The molecule has 0 bridgehead atoms. The lowest BCUT2D eigenvalue weighted by atomic mass is 9.93. The van der Waals surface area contributed by atoms with Crippen LogP contribution >= 0.6 is 34.8 Å². The van der Waals surface area contributed by atoms with Gasteiger partial charge in [-0.05, 0) is 25.0 Å². The molecule has 0 radical (unpaired) electrons. The minimum absolute atomic E-state index is 0.00298. The highest BCUT2D eigenvalue weighted by molar-refractivity contribution is 7.87. The van der Waals surface area contributed by atoms with E-state index in [9.17, 15) is 13.2 Å². The van der Waals surface area contributed by atoms with E-state index < -0.39 is 15.9 Å². The second kappa shape index (κ2) is 9.85. The third-order valence-electron chi connectivity index (χ3n) is 3.63. The average molecular weight is 416 g/mol. The highest BCUT2D eigenvalue weighted by Gasteiger charge is 2.22. The second-order valence-electron chi connectivity index (χ2n) is 5.51. The molecule has 0 N–H and O–H groups in total. The van der Waals surface area contributed by atoms with Crippen LogP contribution in [-0.4, -0.2) is 20.0 Å². The number of hydrogen-bond donors (Lipinski definition) is 0. The summed E-state index contributed by atoms with van der Waals surface area (Å²) in [5, 5.41) is 0.264. The number of rotatable bonds is 10. The van der Waals surface area contributed by atoms with Crippen LogP contribution in [0, 0.1) is 5.92 Å². The van der Waals surface area contributed by atoms with Gasteiger partial charge in [0, 0.05) is 17.4 Å². The first-order valence-electron chi connectivity index (χ1n) is 7.79. The zero-order chi connectivity index (χ0) is 18.3. The molecule has 8 heteroatoms. The summed E-state index contributed by atoms with van der Waals surface area (Å²) in [5.41, 5.74) is 0. The van der Waals surface area contributed by atoms with Gasteiger partial charge < -0.3 is 4.18 Å². The standard InChI is InChI=1S/C16H21Cl3O4S/c1-3-5-6-11(4-2)15(20)7-8-24(21,22)23-16-13(18)9-12(17)10-14(16)19/h9-11H,3-8H2,1-2H3. The van der Waals surface area contributed by atoms with Crippen LogP contribution < -0.4 is 4.18 Å². The first-order valence-corrected chi connectivity index (χ1v) is 10.5. The zero-order valence-electron chi connectivity index (χ0n) is 13.6.